The van der Waals surface area contributed by atoms with Gasteiger partial charge in [0.2, 0.25) is 5.89 Å². The number of piperidine rings is 1. The molecule has 3 heterocycles. The summed E-state index contributed by atoms with van der Waals surface area (Å²) in [5.74, 6) is -0.749. The Balaban J connectivity index is 0.000000481. The molecule has 2 N–H and O–H groups in total. The fourth-order valence-corrected chi connectivity index (χ4v) is 4.39. The largest absolute Gasteiger partial charge is 0.473 e. The number of hydrogen-bond acceptors (Lipinski definition) is 8. The van der Waals surface area contributed by atoms with Gasteiger partial charge in [0, 0.05) is 17.3 Å². The van der Waals surface area contributed by atoms with E-state index < -0.39 is 11.9 Å². The number of carboxylic acids is 2. The minimum Gasteiger partial charge on any atom is -0.473 e. The number of aromatic nitrogens is 4. The highest BCUT2D eigenvalue weighted by Gasteiger charge is 2.26. The standard InChI is InChI=1S/C21H29N5OS.C2H2O4/c1-15(2)26-18-8-5-4-7-17(18)19(24-26)21-23-22-20(27-21)16-9-12-25(13-10-16)11-6-14-28-3;3-1(4)2(5)6/h4-5,7-8,15-16H,6,9-14H2,1-3H3;(H,3,4)(H,5,6). The van der Waals surface area contributed by atoms with E-state index in [4.69, 9.17) is 29.3 Å². The van der Waals surface area contributed by atoms with Crippen LogP contribution in [-0.2, 0) is 9.59 Å². The summed E-state index contributed by atoms with van der Waals surface area (Å²) in [5, 5.41) is 29.4. The molecule has 11 heteroatoms. The third-order valence-corrected chi connectivity index (χ3v) is 6.39. The molecular weight excluding hydrogens is 458 g/mol. The number of nitrogens with zero attached hydrogens (tertiary/aromatic N) is 5. The summed E-state index contributed by atoms with van der Waals surface area (Å²) in [4.78, 5) is 20.8. The van der Waals surface area contributed by atoms with Gasteiger partial charge >= 0.3 is 11.9 Å². The highest BCUT2D eigenvalue weighted by Crippen LogP contribution is 2.32. The van der Waals surface area contributed by atoms with E-state index in [2.05, 4.69) is 47.3 Å². The molecule has 2 aromatic heterocycles. The van der Waals surface area contributed by atoms with Gasteiger partial charge in [-0.25, -0.2) is 9.59 Å². The lowest BCUT2D eigenvalue weighted by atomic mass is 9.97. The second kappa shape index (κ2) is 12.0. The second-order valence-corrected chi connectivity index (χ2v) is 9.41. The number of para-hydroxylation sites is 1. The van der Waals surface area contributed by atoms with Gasteiger partial charge in [0.05, 0.1) is 5.52 Å². The quantitative estimate of drug-likeness (QED) is 0.373. The fourth-order valence-electron chi connectivity index (χ4n) is 3.97. The monoisotopic (exact) mass is 489 g/mol. The van der Waals surface area contributed by atoms with Gasteiger partial charge in [-0.1, -0.05) is 18.2 Å². The van der Waals surface area contributed by atoms with Crippen LogP contribution in [0, 0.1) is 0 Å². The second-order valence-electron chi connectivity index (χ2n) is 8.42. The van der Waals surface area contributed by atoms with Crippen LogP contribution in [0.1, 0.15) is 51.0 Å². The molecule has 3 aromatic rings. The zero-order valence-corrected chi connectivity index (χ0v) is 20.5. The zero-order chi connectivity index (χ0) is 24.7. The van der Waals surface area contributed by atoms with Crippen molar-refractivity contribution in [3.8, 4) is 11.6 Å². The number of carbonyl (C=O) groups is 2. The van der Waals surface area contributed by atoms with Crippen molar-refractivity contribution in [3.05, 3.63) is 30.2 Å². The molecule has 1 fully saturated rings. The number of carboxylic acid groups (broad SMARTS) is 2. The summed E-state index contributed by atoms with van der Waals surface area (Å²) >= 11 is 1.92. The Morgan fingerprint density at radius 3 is 2.44 bits per heavy atom. The van der Waals surface area contributed by atoms with Crippen molar-refractivity contribution in [2.75, 3.05) is 31.6 Å². The minimum atomic E-state index is -1.82. The van der Waals surface area contributed by atoms with Gasteiger partial charge in [0.25, 0.3) is 5.89 Å². The number of aliphatic carboxylic acids is 2. The van der Waals surface area contributed by atoms with Crippen molar-refractivity contribution in [3.63, 3.8) is 0 Å². The molecule has 0 unspecified atom stereocenters. The molecule has 1 saturated heterocycles. The lowest BCUT2D eigenvalue weighted by Crippen LogP contribution is -2.34. The van der Waals surface area contributed by atoms with Crippen LogP contribution in [0.5, 0.6) is 0 Å². The molecule has 0 amide bonds. The average molecular weight is 490 g/mol. The predicted octanol–water partition coefficient (Wildman–Crippen LogP) is 3.76. The number of likely N-dealkylation sites (tertiary alicyclic amines) is 1. The number of thioether (sulfide) groups is 1. The molecule has 10 nitrogen and oxygen atoms in total. The maximum atomic E-state index is 9.10. The molecule has 4 rings (SSSR count). The number of hydrogen-bond donors (Lipinski definition) is 2. The topological polar surface area (TPSA) is 135 Å². The van der Waals surface area contributed by atoms with Crippen LogP contribution in [0.3, 0.4) is 0 Å². The fraction of sp³-hybridized carbons (Fsp3) is 0.522. The van der Waals surface area contributed by atoms with E-state index in [-0.39, 0.29) is 6.04 Å². The molecule has 0 aliphatic carbocycles. The highest BCUT2D eigenvalue weighted by molar-refractivity contribution is 7.98. The Morgan fingerprint density at radius 1 is 1.15 bits per heavy atom. The van der Waals surface area contributed by atoms with Crippen LogP contribution in [0.15, 0.2) is 28.7 Å². The third-order valence-electron chi connectivity index (χ3n) is 5.69. The number of rotatable bonds is 7. The third kappa shape index (κ3) is 6.35. The summed E-state index contributed by atoms with van der Waals surface area (Å²) in [5.41, 5.74) is 1.89. The Labute approximate surface area is 202 Å². The van der Waals surface area contributed by atoms with Gasteiger partial charge in [-0.2, -0.15) is 16.9 Å². The van der Waals surface area contributed by atoms with Crippen molar-refractivity contribution in [1.82, 2.24) is 24.9 Å². The van der Waals surface area contributed by atoms with E-state index in [0.717, 1.165) is 48.4 Å². The Bertz CT molecular complexity index is 1090. The number of benzene rings is 1. The van der Waals surface area contributed by atoms with Gasteiger partial charge in [-0.05, 0) is 70.8 Å². The Morgan fingerprint density at radius 2 is 1.82 bits per heavy atom. The SMILES string of the molecule is CSCCCN1CCC(c2nnc(-c3nn(C(C)C)c4ccccc34)o2)CC1.O=C(O)C(=O)O. The first-order valence-corrected chi connectivity index (χ1v) is 12.7. The predicted molar refractivity (Wildman–Crippen MR) is 130 cm³/mol. The van der Waals surface area contributed by atoms with Crippen molar-refractivity contribution >= 4 is 34.6 Å². The van der Waals surface area contributed by atoms with Gasteiger partial charge in [-0.15, -0.1) is 10.2 Å². The van der Waals surface area contributed by atoms with Crippen LogP contribution in [0.25, 0.3) is 22.5 Å². The van der Waals surface area contributed by atoms with E-state index in [9.17, 15) is 0 Å². The first kappa shape index (κ1) is 25.7. The van der Waals surface area contributed by atoms with E-state index in [0.29, 0.717) is 11.8 Å². The summed E-state index contributed by atoms with van der Waals surface area (Å²) in [6.07, 6.45) is 5.61. The van der Waals surface area contributed by atoms with Crippen LogP contribution in [0.2, 0.25) is 0 Å². The van der Waals surface area contributed by atoms with Gasteiger partial charge in [-0.3, -0.25) is 4.68 Å². The first-order chi connectivity index (χ1) is 16.3. The number of fused-ring (bicyclic) bond motifs is 1. The Kier molecular flexibility index (Phi) is 9.05. The van der Waals surface area contributed by atoms with Crippen LogP contribution in [-0.4, -0.2) is 78.7 Å². The maximum Gasteiger partial charge on any atom is 0.414 e. The van der Waals surface area contributed by atoms with Gasteiger partial charge < -0.3 is 19.5 Å². The summed E-state index contributed by atoms with van der Waals surface area (Å²) in [6, 6.07) is 8.52. The molecule has 0 radical (unpaired) electrons. The molecule has 184 valence electrons. The first-order valence-electron chi connectivity index (χ1n) is 11.3. The van der Waals surface area contributed by atoms with Crippen molar-refractivity contribution < 1.29 is 24.2 Å². The molecule has 0 atom stereocenters. The van der Waals surface area contributed by atoms with Crippen LogP contribution < -0.4 is 0 Å². The maximum absolute atomic E-state index is 9.10. The average Bonchev–Trinajstić information content (AvgIpc) is 3.45. The Hall–Kier alpha value is -2.92. The molecular formula is C23H31N5O5S. The van der Waals surface area contributed by atoms with E-state index in [1.807, 2.05) is 28.6 Å². The molecule has 0 spiro atoms. The normalized spacial score (nSPS) is 14.8. The highest BCUT2D eigenvalue weighted by atomic mass is 32.2. The summed E-state index contributed by atoms with van der Waals surface area (Å²) in [6.45, 7) is 7.69. The molecule has 0 bridgehead atoms. The zero-order valence-electron chi connectivity index (χ0n) is 19.7. The van der Waals surface area contributed by atoms with Crippen molar-refractivity contribution in [2.45, 2.75) is 45.1 Å². The van der Waals surface area contributed by atoms with Crippen LogP contribution >= 0.6 is 11.8 Å². The molecule has 0 saturated carbocycles. The van der Waals surface area contributed by atoms with E-state index >= 15 is 0 Å². The van der Waals surface area contributed by atoms with Crippen molar-refractivity contribution in [2.24, 2.45) is 0 Å². The minimum absolute atomic E-state index is 0.275. The van der Waals surface area contributed by atoms with Gasteiger partial charge in [0.1, 0.15) is 0 Å². The van der Waals surface area contributed by atoms with Crippen LogP contribution in [0.4, 0.5) is 0 Å². The summed E-state index contributed by atoms with van der Waals surface area (Å²) < 4.78 is 8.15. The molecule has 34 heavy (non-hydrogen) atoms. The smallest absolute Gasteiger partial charge is 0.414 e. The lowest BCUT2D eigenvalue weighted by molar-refractivity contribution is -0.159. The molecule has 1 aromatic carbocycles. The van der Waals surface area contributed by atoms with Gasteiger partial charge in [0.15, 0.2) is 5.69 Å². The summed E-state index contributed by atoms with van der Waals surface area (Å²) in [7, 11) is 0. The lowest BCUT2D eigenvalue weighted by Gasteiger charge is -2.30. The molecule has 1 aliphatic heterocycles. The van der Waals surface area contributed by atoms with E-state index in [1.54, 1.807) is 0 Å². The van der Waals surface area contributed by atoms with E-state index in [1.165, 1.54) is 18.7 Å². The van der Waals surface area contributed by atoms with Crippen molar-refractivity contribution in [1.29, 1.82) is 0 Å². The molecule has 1 aliphatic rings.